The topological polar surface area (TPSA) is 30.3 Å². The number of aryl methyl sites for hydroxylation is 1. The monoisotopic (exact) mass is 283 g/mol. The Morgan fingerprint density at radius 1 is 1.19 bits per heavy atom. The third-order valence-corrected chi connectivity index (χ3v) is 3.93. The number of fused-ring (bicyclic) bond motifs is 3. The first-order chi connectivity index (χ1) is 10.1. The van der Waals surface area contributed by atoms with Gasteiger partial charge in [0.25, 0.3) is 0 Å². The molecule has 110 valence electrons. The Morgan fingerprint density at radius 3 is 2.71 bits per heavy atom. The standard InChI is InChI=1S/C17H21N3O/c1-12-17-15(7-8-18-12)14-6-5-13(21-4)11-16(14)20(17)10-9-19(2)3/h5-8,11H,9-10H2,1-4H3. The maximum absolute atomic E-state index is 5.39. The van der Waals surface area contributed by atoms with Gasteiger partial charge in [-0.15, -0.1) is 0 Å². The number of pyridine rings is 1. The van der Waals surface area contributed by atoms with E-state index in [1.165, 1.54) is 21.8 Å². The van der Waals surface area contributed by atoms with Gasteiger partial charge in [-0.1, -0.05) is 0 Å². The molecule has 2 aromatic heterocycles. The smallest absolute Gasteiger partial charge is 0.120 e. The summed E-state index contributed by atoms with van der Waals surface area (Å²) in [6.45, 7) is 4.00. The molecule has 0 fully saturated rings. The summed E-state index contributed by atoms with van der Waals surface area (Å²) >= 11 is 0. The summed E-state index contributed by atoms with van der Waals surface area (Å²) in [5.74, 6) is 0.891. The van der Waals surface area contributed by atoms with E-state index in [9.17, 15) is 0 Å². The van der Waals surface area contributed by atoms with Crippen molar-refractivity contribution in [3.05, 3.63) is 36.2 Å². The maximum Gasteiger partial charge on any atom is 0.120 e. The molecule has 4 nitrogen and oxygen atoms in total. The van der Waals surface area contributed by atoms with Crippen molar-refractivity contribution in [1.29, 1.82) is 0 Å². The Labute approximate surface area is 124 Å². The number of hydrogen-bond acceptors (Lipinski definition) is 3. The van der Waals surface area contributed by atoms with E-state index >= 15 is 0 Å². The second kappa shape index (κ2) is 5.37. The van der Waals surface area contributed by atoms with Gasteiger partial charge in [-0.3, -0.25) is 4.98 Å². The molecule has 0 aliphatic rings. The average Bonchev–Trinajstić information content (AvgIpc) is 2.79. The van der Waals surface area contributed by atoms with Crippen molar-refractivity contribution in [2.45, 2.75) is 13.5 Å². The second-order valence-electron chi connectivity index (χ2n) is 5.63. The van der Waals surface area contributed by atoms with E-state index in [1.54, 1.807) is 7.11 Å². The highest BCUT2D eigenvalue weighted by molar-refractivity contribution is 6.09. The first-order valence-corrected chi connectivity index (χ1v) is 7.18. The van der Waals surface area contributed by atoms with Gasteiger partial charge in [0.1, 0.15) is 5.75 Å². The molecule has 3 rings (SSSR count). The number of rotatable bonds is 4. The molecule has 21 heavy (non-hydrogen) atoms. The molecule has 0 atom stereocenters. The van der Waals surface area contributed by atoms with Gasteiger partial charge in [-0.25, -0.2) is 0 Å². The van der Waals surface area contributed by atoms with Gasteiger partial charge in [0.15, 0.2) is 0 Å². The Kier molecular flexibility index (Phi) is 3.55. The lowest BCUT2D eigenvalue weighted by molar-refractivity contribution is 0.389. The molecule has 3 aromatic rings. The normalized spacial score (nSPS) is 11.7. The van der Waals surface area contributed by atoms with Crippen LogP contribution in [0.2, 0.25) is 0 Å². The highest BCUT2D eigenvalue weighted by Gasteiger charge is 2.13. The zero-order chi connectivity index (χ0) is 15.0. The number of ether oxygens (including phenoxy) is 1. The van der Waals surface area contributed by atoms with Gasteiger partial charge in [0.05, 0.1) is 23.8 Å². The van der Waals surface area contributed by atoms with Gasteiger partial charge < -0.3 is 14.2 Å². The molecule has 0 N–H and O–H groups in total. The van der Waals surface area contributed by atoms with E-state index in [2.05, 4.69) is 53.7 Å². The molecular weight excluding hydrogens is 262 g/mol. The fraction of sp³-hybridized carbons (Fsp3) is 0.353. The summed E-state index contributed by atoms with van der Waals surface area (Å²) in [6.07, 6.45) is 1.89. The van der Waals surface area contributed by atoms with E-state index in [4.69, 9.17) is 4.74 Å². The van der Waals surface area contributed by atoms with E-state index < -0.39 is 0 Å². The molecule has 0 aliphatic heterocycles. The number of nitrogens with zero attached hydrogens (tertiary/aromatic N) is 3. The molecule has 0 saturated heterocycles. The van der Waals surface area contributed by atoms with Crippen LogP contribution < -0.4 is 4.74 Å². The van der Waals surface area contributed by atoms with Crippen LogP contribution in [0.15, 0.2) is 30.5 Å². The lowest BCUT2D eigenvalue weighted by Crippen LogP contribution is -2.18. The van der Waals surface area contributed by atoms with E-state index in [0.717, 1.165) is 24.5 Å². The summed E-state index contributed by atoms with van der Waals surface area (Å²) in [6, 6.07) is 8.38. The van der Waals surface area contributed by atoms with E-state index in [-0.39, 0.29) is 0 Å². The van der Waals surface area contributed by atoms with Crippen LogP contribution in [0.1, 0.15) is 5.69 Å². The van der Waals surface area contributed by atoms with E-state index in [1.807, 2.05) is 12.3 Å². The number of likely N-dealkylation sites (N-methyl/N-ethyl adjacent to an activating group) is 1. The summed E-state index contributed by atoms with van der Waals surface area (Å²) in [4.78, 5) is 6.67. The minimum absolute atomic E-state index is 0.891. The number of methoxy groups -OCH3 is 1. The summed E-state index contributed by atoms with van der Waals surface area (Å²) in [5, 5.41) is 2.52. The highest BCUT2D eigenvalue weighted by atomic mass is 16.5. The Balaban J connectivity index is 2.31. The first-order valence-electron chi connectivity index (χ1n) is 7.18. The van der Waals surface area contributed by atoms with Crippen LogP contribution in [0.3, 0.4) is 0 Å². The van der Waals surface area contributed by atoms with Crippen molar-refractivity contribution in [1.82, 2.24) is 14.5 Å². The average molecular weight is 283 g/mol. The van der Waals surface area contributed by atoms with Gasteiger partial charge in [-0.05, 0) is 39.2 Å². The molecule has 2 heterocycles. The minimum atomic E-state index is 0.891. The molecule has 0 spiro atoms. The molecule has 0 radical (unpaired) electrons. The van der Waals surface area contributed by atoms with Crippen LogP contribution in [0.5, 0.6) is 5.75 Å². The fourth-order valence-corrected chi connectivity index (χ4v) is 2.86. The second-order valence-corrected chi connectivity index (χ2v) is 5.63. The Morgan fingerprint density at radius 2 is 2.00 bits per heavy atom. The van der Waals surface area contributed by atoms with Gasteiger partial charge in [-0.2, -0.15) is 0 Å². The highest BCUT2D eigenvalue weighted by Crippen LogP contribution is 2.32. The lowest BCUT2D eigenvalue weighted by Gasteiger charge is -2.13. The number of hydrogen-bond donors (Lipinski definition) is 0. The summed E-state index contributed by atoms with van der Waals surface area (Å²) in [7, 11) is 5.90. The van der Waals surface area contributed by atoms with Crippen LogP contribution in [-0.2, 0) is 6.54 Å². The summed E-state index contributed by atoms with van der Waals surface area (Å²) in [5.41, 5.74) is 3.51. The predicted octanol–water partition coefficient (Wildman–Crippen LogP) is 3.07. The van der Waals surface area contributed by atoms with Crippen molar-refractivity contribution in [2.75, 3.05) is 27.7 Å². The van der Waals surface area contributed by atoms with Crippen LogP contribution in [-0.4, -0.2) is 42.2 Å². The molecule has 0 aliphatic carbocycles. The maximum atomic E-state index is 5.39. The Bertz CT molecular complexity index is 789. The molecule has 4 heteroatoms. The SMILES string of the molecule is COc1ccc2c3ccnc(C)c3n(CCN(C)C)c2c1. The third kappa shape index (κ3) is 2.36. The van der Waals surface area contributed by atoms with Crippen LogP contribution in [0.4, 0.5) is 0 Å². The van der Waals surface area contributed by atoms with Crippen molar-refractivity contribution in [3.8, 4) is 5.75 Å². The fourth-order valence-electron chi connectivity index (χ4n) is 2.86. The third-order valence-electron chi connectivity index (χ3n) is 3.93. The van der Waals surface area contributed by atoms with Gasteiger partial charge in [0.2, 0.25) is 0 Å². The molecule has 0 amide bonds. The van der Waals surface area contributed by atoms with Crippen LogP contribution in [0.25, 0.3) is 21.8 Å². The molecular formula is C17H21N3O. The first kappa shape index (κ1) is 13.9. The van der Waals surface area contributed by atoms with Crippen molar-refractivity contribution in [2.24, 2.45) is 0 Å². The molecule has 0 bridgehead atoms. The molecule has 1 aromatic carbocycles. The van der Waals surface area contributed by atoms with Gasteiger partial charge in [0, 0.05) is 36.1 Å². The minimum Gasteiger partial charge on any atom is -0.497 e. The predicted molar refractivity (Wildman–Crippen MR) is 87.1 cm³/mol. The van der Waals surface area contributed by atoms with Crippen LogP contribution >= 0.6 is 0 Å². The van der Waals surface area contributed by atoms with Crippen molar-refractivity contribution in [3.63, 3.8) is 0 Å². The zero-order valence-corrected chi connectivity index (χ0v) is 13.1. The van der Waals surface area contributed by atoms with Crippen molar-refractivity contribution >= 4 is 21.8 Å². The Hall–Kier alpha value is -2.07. The summed E-state index contributed by atoms with van der Waals surface area (Å²) < 4.78 is 7.75. The van der Waals surface area contributed by atoms with Crippen molar-refractivity contribution < 1.29 is 4.74 Å². The quantitative estimate of drug-likeness (QED) is 0.737. The van der Waals surface area contributed by atoms with Gasteiger partial charge >= 0.3 is 0 Å². The zero-order valence-electron chi connectivity index (χ0n) is 13.1. The largest absolute Gasteiger partial charge is 0.497 e. The number of aromatic nitrogens is 2. The van der Waals surface area contributed by atoms with Crippen LogP contribution in [0, 0.1) is 6.92 Å². The van der Waals surface area contributed by atoms with E-state index in [0.29, 0.717) is 0 Å². The molecule has 0 unspecified atom stereocenters. The number of benzene rings is 1. The molecule has 0 saturated carbocycles. The lowest BCUT2D eigenvalue weighted by atomic mass is 10.1.